The van der Waals surface area contributed by atoms with E-state index >= 15 is 0 Å². The number of H-pyrrole nitrogens is 1. The van der Waals surface area contributed by atoms with Crippen LogP contribution in [0.15, 0.2) is 11.1 Å². The van der Waals surface area contributed by atoms with Gasteiger partial charge in [-0.2, -0.15) is 0 Å². The van der Waals surface area contributed by atoms with Crippen molar-refractivity contribution >= 4 is 33.4 Å². The fraction of sp³-hybridized carbons (Fsp3) is 0.579. The maximum atomic E-state index is 13.0. The van der Waals surface area contributed by atoms with Crippen LogP contribution in [0.1, 0.15) is 40.9 Å². The van der Waals surface area contributed by atoms with E-state index in [9.17, 15) is 14.4 Å². The summed E-state index contributed by atoms with van der Waals surface area (Å²) in [6.45, 7) is 4.39. The third kappa shape index (κ3) is 3.68. The zero-order valence-electron chi connectivity index (χ0n) is 15.8. The van der Waals surface area contributed by atoms with E-state index in [-0.39, 0.29) is 23.5 Å². The molecule has 28 heavy (non-hydrogen) atoms. The Kier molecular flexibility index (Phi) is 5.45. The van der Waals surface area contributed by atoms with Gasteiger partial charge in [0.1, 0.15) is 10.9 Å². The van der Waals surface area contributed by atoms with E-state index in [1.165, 1.54) is 17.7 Å². The van der Waals surface area contributed by atoms with E-state index in [4.69, 9.17) is 4.74 Å². The molecule has 4 rings (SSSR count). The molecule has 2 saturated heterocycles. The number of likely N-dealkylation sites (tertiary alicyclic amines) is 1. The number of aromatic nitrogens is 2. The Bertz CT molecular complexity index is 939. The van der Waals surface area contributed by atoms with Crippen LogP contribution in [0.25, 0.3) is 10.2 Å². The summed E-state index contributed by atoms with van der Waals surface area (Å²) in [5.41, 5.74) is 0.490. The van der Waals surface area contributed by atoms with Gasteiger partial charge in [0.2, 0.25) is 5.91 Å². The molecule has 9 heteroatoms. The lowest BCUT2D eigenvalue weighted by molar-refractivity contribution is -0.130. The van der Waals surface area contributed by atoms with Crippen LogP contribution in [-0.2, 0) is 9.53 Å². The summed E-state index contributed by atoms with van der Waals surface area (Å²) in [7, 11) is 0. The lowest BCUT2D eigenvalue weighted by Gasteiger charge is -2.32. The predicted molar refractivity (Wildman–Crippen MR) is 106 cm³/mol. The largest absolute Gasteiger partial charge is 0.368 e. The second-order valence-corrected chi connectivity index (χ2v) is 8.45. The summed E-state index contributed by atoms with van der Waals surface area (Å²) in [5.74, 6) is 0.304. The van der Waals surface area contributed by atoms with Crippen LogP contribution in [0.4, 0.5) is 0 Å². The highest BCUT2D eigenvalue weighted by Gasteiger charge is 2.28. The number of amides is 2. The quantitative estimate of drug-likeness (QED) is 0.802. The molecule has 0 saturated carbocycles. The molecule has 2 aliphatic rings. The van der Waals surface area contributed by atoms with Gasteiger partial charge >= 0.3 is 0 Å². The Morgan fingerprint density at radius 3 is 2.82 bits per heavy atom. The average molecular weight is 404 g/mol. The number of nitrogens with zero attached hydrogens (tertiary/aromatic N) is 2. The number of ether oxygens (including phenoxy) is 1. The van der Waals surface area contributed by atoms with Gasteiger partial charge < -0.3 is 19.9 Å². The zero-order valence-corrected chi connectivity index (χ0v) is 16.6. The van der Waals surface area contributed by atoms with E-state index < -0.39 is 0 Å². The maximum absolute atomic E-state index is 13.0. The van der Waals surface area contributed by atoms with Crippen molar-refractivity contribution in [3.8, 4) is 0 Å². The fourth-order valence-electron chi connectivity index (χ4n) is 3.91. The van der Waals surface area contributed by atoms with Gasteiger partial charge in [0.15, 0.2) is 0 Å². The summed E-state index contributed by atoms with van der Waals surface area (Å²) in [4.78, 5) is 46.8. The van der Waals surface area contributed by atoms with Gasteiger partial charge in [0.05, 0.1) is 16.6 Å². The van der Waals surface area contributed by atoms with Crippen molar-refractivity contribution in [3.63, 3.8) is 0 Å². The Morgan fingerprint density at radius 1 is 1.36 bits per heavy atom. The number of aromatic amines is 1. The Morgan fingerprint density at radius 2 is 2.14 bits per heavy atom. The van der Waals surface area contributed by atoms with Gasteiger partial charge in [-0.05, 0) is 44.1 Å². The third-order valence-electron chi connectivity index (χ3n) is 5.62. The van der Waals surface area contributed by atoms with Crippen LogP contribution in [0, 0.1) is 12.8 Å². The van der Waals surface area contributed by atoms with Gasteiger partial charge in [-0.15, -0.1) is 11.3 Å². The minimum atomic E-state index is -0.297. The molecule has 8 nitrogen and oxygen atoms in total. The van der Waals surface area contributed by atoms with Crippen LogP contribution in [0.5, 0.6) is 0 Å². The van der Waals surface area contributed by atoms with Crippen molar-refractivity contribution < 1.29 is 14.3 Å². The normalized spacial score (nSPS) is 20.6. The topological polar surface area (TPSA) is 104 Å². The summed E-state index contributed by atoms with van der Waals surface area (Å²) < 4.78 is 5.40. The molecule has 0 radical (unpaired) electrons. The summed E-state index contributed by atoms with van der Waals surface area (Å²) in [6.07, 6.45) is 4.50. The van der Waals surface area contributed by atoms with Crippen LogP contribution in [0.2, 0.25) is 0 Å². The molecule has 2 aliphatic heterocycles. The molecule has 0 aromatic carbocycles. The number of carbonyl (C=O) groups excluding carboxylic acids is 2. The number of carbonyl (C=O) groups is 2. The first-order valence-corrected chi connectivity index (χ1v) is 10.5. The summed E-state index contributed by atoms with van der Waals surface area (Å²) in [6, 6.07) is 0. The minimum absolute atomic E-state index is 0.0189. The molecule has 0 aliphatic carbocycles. The number of rotatable bonds is 4. The number of thiophene rings is 1. The van der Waals surface area contributed by atoms with Gasteiger partial charge in [-0.25, -0.2) is 4.98 Å². The average Bonchev–Trinajstić information content (AvgIpc) is 3.35. The molecule has 2 fully saturated rings. The van der Waals surface area contributed by atoms with Gasteiger partial charge in [0, 0.05) is 26.2 Å². The minimum Gasteiger partial charge on any atom is -0.368 e. The van der Waals surface area contributed by atoms with Crippen LogP contribution in [-0.4, -0.2) is 59.0 Å². The second-order valence-electron chi connectivity index (χ2n) is 7.45. The number of fused-ring (bicyclic) bond motifs is 1. The van der Waals surface area contributed by atoms with E-state index in [0.717, 1.165) is 25.7 Å². The van der Waals surface area contributed by atoms with Crippen LogP contribution < -0.4 is 10.9 Å². The smallest absolute Gasteiger partial charge is 0.264 e. The predicted octanol–water partition coefficient (Wildman–Crippen LogP) is 1.44. The van der Waals surface area contributed by atoms with E-state index in [1.54, 1.807) is 6.92 Å². The Labute approximate surface area is 166 Å². The highest BCUT2D eigenvalue weighted by molar-refractivity contribution is 7.20. The second kappa shape index (κ2) is 8.00. The fourth-order valence-corrected chi connectivity index (χ4v) is 5.03. The number of piperidine rings is 1. The third-order valence-corrected chi connectivity index (χ3v) is 6.80. The van der Waals surface area contributed by atoms with Crippen LogP contribution >= 0.6 is 11.3 Å². The SMILES string of the molecule is Cc1c(C(=O)N2CCC(CNC(=O)C3CCCO3)CC2)sc2nc[nH]c(=O)c12. The first kappa shape index (κ1) is 19.1. The van der Waals surface area contributed by atoms with Crippen molar-refractivity contribution in [2.75, 3.05) is 26.2 Å². The summed E-state index contributed by atoms with van der Waals surface area (Å²) >= 11 is 1.28. The highest BCUT2D eigenvalue weighted by Crippen LogP contribution is 2.29. The molecular formula is C19H24N4O4S. The van der Waals surface area contributed by atoms with E-state index in [0.29, 0.717) is 52.8 Å². The monoisotopic (exact) mass is 404 g/mol. The molecule has 1 unspecified atom stereocenters. The molecule has 4 heterocycles. The molecule has 2 aromatic heterocycles. The molecule has 2 amide bonds. The van der Waals surface area contributed by atoms with E-state index in [2.05, 4.69) is 15.3 Å². The van der Waals surface area contributed by atoms with Crippen molar-refractivity contribution in [1.29, 1.82) is 0 Å². The molecule has 150 valence electrons. The highest BCUT2D eigenvalue weighted by atomic mass is 32.1. The van der Waals surface area contributed by atoms with Crippen molar-refractivity contribution in [3.05, 3.63) is 27.1 Å². The van der Waals surface area contributed by atoms with Crippen LogP contribution in [0.3, 0.4) is 0 Å². The lowest BCUT2D eigenvalue weighted by atomic mass is 9.96. The zero-order chi connectivity index (χ0) is 19.7. The first-order chi connectivity index (χ1) is 13.5. The van der Waals surface area contributed by atoms with Gasteiger partial charge in [-0.1, -0.05) is 0 Å². The molecule has 0 bridgehead atoms. The molecule has 2 N–H and O–H groups in total. The maximum Gasteiger partial charge on any atom is 0.264 e. The standard InChI is InChI=1S/C19H24N4O4S/c1-11-14-17(25)21-10-22-18(14)28-15(11)19(26)23-6-4-12(5-7-23)9-20-16(24)13-3-2-8-27-13/h10,12-13H,2-9H2,1H3,(H,20,24)(H,21,22,25). The van der Waals surface area contributed by atoms with E-state index in [1.807, 2.05) is 4.90 Å². The van der Waals surface area contributed by atoms with Crippen molar-refractivity contribution in [2.24, 2.45) is 5.92 Å². The Balaban J connectivity index is 1.34. The molecule has 2 aromatic rings. The van der Waals surface area contributed by atoms with Gasteiger partial charge in [0.25, 0.3) is 11.5 Å². The number of aryl methyl sites for hydroxylation is 1. The summed E-state index contributed by atoms with van der Waals surface area (Å²) in [5, 5.41) is 3.49. The lowest BCUT2D eigenvalue weighted by Crippen LogP contribution is -2.43. The molecule has 0 spiro atoms. The number of hydrogen-bond acceptors (Lipinski definition) is 6. The van der Waals surface area contributed by atoms with Crippen molar-refractivity contribution in [1.82, 2.24) is 20.2 Å². The number of hydrogen-bond donors (Lipinski definition) is 2. The first-order valence-electron chi connectivity index (χ1n) is 9.70. The molecule has 1 atom stereocenters. The Hall–Kier alpha value is -2.26. The number of nitrogens with one attached hydrogen (secondary N) is 2. The van der Waals surface area contributed by atoms with Crippen molar-refractivity contribution in [2.45, 2.75) is 38.7 Å². The molecular weight excluding hydrogens is 380 g/mol. The van der Waals surface area contributed by atoms with Gasteiger partial charge in [-0.3, -0.25) is 14.4 Å².